The summed E-state index contributed by atoms with van der Waals surface area (Å²) in [4.78, 5) is 4.18. The third kappa shape index (κ3) is 3.77. The summed E-state index contributed by atoms with van der Waals surface area (Å²) in [7, 11) is 8.04. The first-order valence-electron chi connectivity index (χ1n) is 7.51. The Kier molecular flexibility index (Phi) is 6.66. The highest BCUT2D eigenvalue weighted by Crippen LogP contribution is 2.38. The van der Waals surface area contributed by atoms with Gasteiger partial charge in [0, 0.05) is 6.54 Å². The van der Waals surface area contributed by atoms with Crippen LogP contribution in [0.3, 0.4) is 0 Å². The Hall–Kier alpha value is -0.620. The van der Waals surface area contributed by atoms with E-state index in [4.69, 9.17) is 11.6 Å². The number of rotatable bonds is 8. The van der Waals surface area contributed by atoms with Gasteiger partial charge in [0.1, 0.15) is 6.10 Å². The lowest BCUT2D eigenvalue weighted by Crippen LogP contribution is -2.49. The minimum absolute atomic E-state index is 0.334. The second kappa shape index (κ2) is 7.58. The largest absolute Gasteiger partial charge is 0.385 e. The van der Waals surface area contributed by atoms with E-state index in [9.17, 15) is 5.11 Å². The molecule has 1 unspecified atom stereocenters. The van der Waals surface area contributed by atoms with Crippen molar-refractivity contribution in [1.82, 2.24) is 19.6 Å². The van der Waals surface area contributed by atoms with Crippen LogP contribution in [0, 0.1) is 0 Å². The third-order valence-electron chi connectivity index (χ3n) is 4.48. The molecule has 0 radical (unpaired) electrons. The fourth-order valence-electron chi connectivity index (χ4n) is 2.88. The molecule has 0 aliphatic heterocycles. The van der Waals surface area contributed by atoms with Gasteiger partial charge >= 0.3 is 0 Å². The molecule has 21 heavy (non-hydrogen) atoms. The highest BCUT2D eigenvalue weighted by Gasteiger charge is 2.40. The molecular formula is C15H29ClN4O. The topological polar surface area (TPSA) is 44.5 Å². The Morgan fingerprint density at radius 3 is 2.29 bits per heavy atom. The second-order valence-corrected chi connectivity index (χ2v) is 6.42. The quantitative estimate of drug-likeness (QED) is 0.799. The van der Waals surface area contributed by atoms with E-state index < -0.39 is 6.10 Å². The number of hydrogen-bond acceptors (Lipinski definition) is 4. The maximum atomic E-state index is 11.0. The van der Waals surface area contributed by atoms with Crippen molar-refractivity contribution in [2.45, 2.75) is 44.9 Å². The molecule has 1 aromatic heterocycles. The molecule has 5 nitrogen and oxygen atoms in total. The molecular weight excluding hydrogens is 288 g/mol. The van der Waals surface area contributed by atoms with Crippen molar-refractivity contribution >= 4 is 11.6 Å². The Labute approximate surface area is 133 Å². The summed E-state index contributed by atoms with van der Waals surface area (Å²) >= 11 is 6.30. The molecule has 0 bridgehead atoms. The van der Waals surface area contributed by atoms with Gasteiger partial charge in [-0.3, -0.25) is 4.68 Å². The van der Waals surface area contributed by atoms with Gasteiger partial charge in [0.05, 0.1) is 29.0 Å². The lowest BCUT2D eigenvalue weighted by atomic mass is 9.83. The van der Waals surface area contributed by atoms with Crippen LogP contribution in [0.1, 0.15) is 38.5 Å². The van der Waals surface area contributed by atoms with Crippen LogP contribution < -0.4 is 0 Å². The zero-order chi connectivity index (χ0) is 16.2. The lowest BCUT2D eigenvalue weighted by Gasteiger charge is -2.42. The highest BCUT2D eigenvalue weighted by molar-refractivity contribution is 6.31. The average molecular weight is 317 g/mol. The predicted octanol–water partition coefficient (Wildman–Crippen LogP) is 2.25. The van der Waals surface area contributed by atoms with Crippen molar-refractivity contribution < 1.29 is 5.11 Å². The monoisotopic (exact) mass is 316 g/mol. The summed E-state index contributed by atoms with van der Waals surface area (Å²) < 4.78 is 1.83. The first-order valence-corrected chi connectivity index (χ1v) is 7.89. The van der Waals surface area contributed by atoms with Gasteiger partial charge < -0.3 is 14.9 Å². The first kappa shape index (κ1) is 18.4. The Morgan fingerprint density at radius 2 is 1.86 bits per heavy atom. The summed E-state index contributed by atoms with van der Waals surface area (Å²) in [6.07, 6.45) is 2.64. The van der Waals surface area contributed by atoms with Gasteiger partial charge in [0.15, 0.2) is 0 Å². The predicted molar refractivity (Wildman–Crippen MR) is 87.8 cm³/mol. The number of aromatic nitrogens is 2. The van der Waals surface area contributed by atoms with E-state index in [-0.39, 0.29) is 5.54 Å². The van der Waals surface area contributed by atoms with E-state index >= 15 is 0 Å². The fourth-order valence-corrected chi connectivity index (χ4v) is 3.13. The molecule has 0 aromatic carbocycles. The van der Waals surface area contributed by atoms with Crippen LogP contribution in [-0.4, -0.2) is 65.0 Å². The molecule has 0 aliphatic carbocycles. The first-order chi connectivity index (χ1) is 9.80. The summed E-state index contributed by atoms with van der Waals surface area (Å²) in [6, 6.07) is 0. The average Bonchev–Trinajstić information content (AvgIpc) is 2.78. The number of nitrogens with zero attached hydrogens (tertiary/aromatic N) is 4. The van der Waals surface area contributed by atoms with Crippen molar-refractivity contribution in [1.29, 1.82) is 0 Å². The van der Waals surface area contributed by atoms with Gasteiger partial charge in [-0.1, -0.05) is 25.4 Å². The third-order valence-corrected chi connectivity index (χ3v) is 4.77. The molecule has 0 fully saturated rings. The van der Waals surface area contributed by atoms with E-state index in [0.717, 1.165) is 25.1 Å². The van der Waals surface area contributed by atoms with Crippen LogP contribution in [0.2, 0.25) is 5.02 Å². The van der Waals surface area contributed by atoms with Crippen LogP contribution in [0.5, 0.6) is 0 Å². The Balaban J connectivity index is 3.16. The van der Waals surface area contributed by atoms with Crippen molar-refractivity contribution in [3.8, 4) is 0 Å². The zero-order valence-electron chi connectivity index (χ0n) is 14.1. The summed E-state index contributed by atoms with van der Waals surface area (Å²) in [6.45, 7) is 5.76. The van der Waals surface area contributed by atoms with Gasteiger partial charge in [-0.15, -0.1) is 0 Å². The van der Waals surface area contributed by atoms with Gasteiger partial charge in [0.2, 0.25) is 0 Å². The standard InChI is InChI=1S/C15H29ClN4O/c1-7-15(8-2,19(5)6)14(21)13-12(16)11-17-20(13)10-9-18(3)4/h11,14,21H,7-10H2,1-6H3. The molecule has 1 rings (SSSR count). The van der Waals surface area contributed by atoms with Crippen LogP contribution in [0.4, 0.5) is 0 Å². The van der Waals surface area contributed by atoms with E-state index in [1.54, 1.807) is 6.20 Å². The van der Waals surface area contributed by atoms with Gasteiger partial charge in [-0.25, -0.2) is 0 Å². The zero-order valence-corrected chi connectivity index (χ0v) is 14.9. The molecule has 122 valence electrons. The summed E-state index contributed by atoms with van der Waals surface area (Å²) in [5, 5.41) is 15.9. The SMILES string of the molecule is CCC(CC)(C(O)c1c(Cl)cnn1CCN(C)C)N(C)C. The highest BCUT2D eigenvalue weighted by atomic mass is 35.5. The number of halogens is 1. The molecule has 6 heteroatoms. The van der Waals surface area contributed by atoms with E-state index in [2.05, 4.69) is 28.7 Å². The molecule has 0 saturated carbocycles. The van der Waals surface area contributed by atoms with Gasteiger partial charge in [0.25, 0.3) is 0 Å². The van der Waals surface area contributed by atoms with Gasteiger partial charge in [-0.2, -0.15) is 5.10 Å². The molecule has 0 saturated heterocycles. The van der Waals surface area contributed by atoms with Crippen molar-refractivity contribution in [2.24, 2.45) is 0 Å². The number of hydrogen-bond donors (Lipinski definition) is 1. The fraction of sp³-hybridized carbons (Fsp3) is 0.800. The van der Waals surface area contributed by atoms with E-state index in [1.165, 1.54) is 0 Å². The smallest absolute Gasteiger partial charge is 0.115 e. The van der Waals surface area contributed by atoms with E-state index in [1.807, 2.05) is 32.9 Å². The molecule has 1 aromatic rings. The minimum atomic E-state index is -0.667. The molecule has 0 spiro atoms. The van der Waals surface area contributed by atoms with E-state index in [0.29, 0.717) is 11.6 Å². The molecule has 1 atom stereocenters. The van der Waals surface area contributed by atoms with Crippen molar-refractivity contribution in [2.75, 3.05) is 34.7 Å². The summed E-state index contributed by atoms with van der Waals surface area (Å²) in [5.74, 6) is 0. The number of likely N-dealkylation sites (N-methyl/N-ethyl adjacent to an activating group) is 2. The van der Waals surface area contributed by atoms with Crippen LogP contribution in [0.25, 0.3) is 0 Å². The van der Waals surface area contributed by atoms with Crippen LogP contribution >= 0.6 is 11.6 Å². The van der Waals surface area contributed by atoms with Crippen molar-refractivity contribution in [3.05, 3.63) is 16.9 Å². The normalized spacial score (nSPS) is 14.2. The maximum absolute atomic E-state index is 11.0. The van der Waals surface area contributed by atoms with Gasteiger partial charge in [-0.05, 0) is 41.0 Å². The van der Waals surface area contributed by atoms with Crippen LogP contribution in [0.15, 0.2) is 6.20 Å². The number of aliphatic hydroxyl groups is 1. The molecule has 0 amide bonds. The van der Waals surface area contributed by atoms with Crippen LogP contribution in [-0.2, 0) is 6.54 Å². The number of aliphatic hydroxyl groups excluding tert-OH is 1. The lowest BCUT2D eigenvalue weighted by molar-refractivity contribution is -0.0199. The molecule has 0 aliphatic rings. The minimum Gasteiger partial charge on any atom is -0.385 e. The Morgan fingerprint density at radius 1 is 1.29 bits per heavy atom. The summed E-state index contributed by atoms with van der Waals surface area (Å²) in [5.41, 5.74) is 0.385. The maximum Gasteiger partial charge on any atom is 0.115 e. The van der Waals surface area contributed by atoms with Crippen molar-refractivity contribution in [3.63, 3.8) is 0 Å². The second-order valence-electron chi connectivity index (χ2n) is 6.01. The molecule has 1 N–H and O–H groups in total. The molecule has 1 heterocycles. The Bertz CT molecular complexity index is 441.